The number of rotatable bonds is 5. The van der Waals surface area contributed by atoms with E-state index < -0.39 is 0 Å². The Kier molecular flexibility index (Phi) is 5.44. The molecule has 0 aliphatic carbocycles. The van der Waals surface area contributed by atoms with E-state index >= 15 is 0 Å². The van der Waals surface area contributed by atoms with Gasteiger partial charge in [-0.2, -0.15) is 0 Å². The Morgan fingerprint density at radius 2 is 1.95 bits per heavy atom. The molecule has 3 heteroatoms. The largest absolute Gasteiger partial charge is 0.496 e. The van der Waals surface area contributed by atoms with Gasteiger partial charge in [-0.1, -0.05) is 12.5 Å². The molecular formula is C17H28N2O. The first kappa shape index (κ1) is 15.3. The summed E-state index contributed by atoms with van der Waals surface area (Å²) in [5.41, 5.74) is 2.63. The van der Waals surface area contributed by atoms with Crippen LogP contribution in [0.3, 0.4) is 0 Å². The van der Waals surface area contributed by atoms with E-state index in [0.717, 1.165) is 18.8 Å². The summed E-state index contributed by atoms with van der Waals surface area (Å²) in [6.07, 6.45) is 3.97. The van der Waals surface area contributed by atoms with Crippen molar-refractivity contribution in [2.45, 2.75) is 58.3 Å². The quantitative estimate of drug-likeness (QED) is 0.894. The second-order valence-corrected chi connectivity index (χ2v) is 5.98. The maximum absolute atomic E-state index is 5.54. The molecule has 0 bridgehead atoms. The molecule has 20 heavy (non-hydrogen) atoms. The lowest BCUT2D eigenvalue weighted by Gasteiger charge is -2.39. The summed E-state index contributed by atoms with van der Waals surface area (Å²) in [5, 5.41) is 3.22. The SMILES string of the molecule is CNCc1ccc(OC)c(CN2[C@H](C)CCC[C@@H]2C)c1. The summed E-state index contributed by atoms with van der Waals surface area (Å²) in [5.74, 6) is 1.01. The summed E-state index contributed by atoms with van der Waals surface area (Å²) in [7, 11) is 3.75. The van der Waals surface area contributed by atoms with Crippen LogP contribution in [0.2, 0.25) is 0 Å². The number of methoxy groups -OCH3 is 1. The molecule has 0 spiro atoms. The van der Waals surface area contributed by atoms with Crippen molar-refractivity contribution in [3.8, 4) is 5.75 Å². The number of nitrogens with zero attached hydrogens (tertiary/aromatic N) is 1. The molecule has 1 aromatic carbocycles. The Hall–Kier alpha value is -1.06. The fourth-order valence-corrected chi connectivity index (χ4v) is 3.25. The van der Waals surface area contributed by atoms with Crippen molar-refractivity contribution >= 4 is 0 Å². The monoisotopic (exact) mass is 276 g/mol. The Balaban J connectivity index is 2.19. The van der Waals surface area contributed by atoms with Crippen LogP contribution in [0, 0.1) is 0 Å². The van der Waals surface area contributed by atoms with Crippen LogP contribution in [0.15, 0.2) is 18.2 Å². The van der Waals surface area contributed by atoms with E-state index in [4.69, 9.17) is 4.74 Å². The predicted molar refractivity (Wildman–Crippen MR) is 84.1 cm³/mol. The smallest absolute Gasteiger partial charge is 0.123 e. The molecule has 0 unspecified atom stereocenters. The molecule has 1 aliphatic heterocycles. The average Bonchev–Trinajstić information content (AvgIpc) is 2.44. The minimum absolute atomic E-state index is 0.663. The van der Waals surface area contributed by atoms with Crippen molar-refractivity contribution in [2.24, 2.45) is 0 Å². The van der Waals surface area contributed by atoms with E-state index in [9.17, 15) is 0 Å². The number of benzene rings is 1. The Bertz CT molecular complexity index is 423. The standard InChI is InChI=1S/C17H28N2O/c1-13-6-5-7-14(2)19(13)12-16-10-15(11-18-3)8-9-17(16)20-4/h8-10,13-14,18H,5-7,11-12H2,1-4H3/t13-,14+. The average molecular weight is 276 g/mol. The van der Waals surface area contributed by atoms with E-state index in [1.807, 2.05) is 7.05 Å². The van der Waals surface area contributed by atoms with Gasteiger partial charge in [0.2, 0.25) is 0 Å². The predicted octanol–water partition coefficient (Wildman–Crippen LogP) is 3.18. The topological polar surface area (TPSA) is 24.5 Å². The fourth-order valence-electron chi connectivity index (χ4n) is 3.25. The third kappa shape index (κ3) is 3.53. The third-order valence-corrected chi connectivity index (χ3v) is 4.45. The van der Waals surface area contributed by atoms with Gasteiger partial charge in [0.05, 0.1) is 7.11 Å². The van der Waals surface area contributed by atoms with E-state index in [1.165, 1.54) is 30.4 Å². The Labute approximate surface area is 123 Å². The van der Waals surface area contributed by atoms with Crippen molar-refractivity contribution < 1.29 is 4.74 Å². The van der Waals surface area contributed by atoms with Gasteiger partial charge >= 0.3 is 0 Å². The summed E-state index contributed by atoms with van der Waals surface area (Å²) in [4.78, 5) is 2.62. The first-order valence-corrected chi connectivity index (χ1v) is 7.71. The van der Waals surface area contributed by atoms with Crippen LogP contribution in [0.25, 0.3) is 0 Å². The molecule has 0 saturated carbocycles. The number of ether oxygens (including phenoxy) is 1. The molecule has 1 aromatic rings. The zero-order chi connectivity index (χ0) is 14.5. The normalized spacial score (nSPS) is 23.8. The van der Waals surface area contributed by atoms with Crippen LogP contribution >= 0.6 is 0 Å². The van der Waals surface area contributed by atoms with Crippen molar-refractivity contribution in [1.29, 1.82) is 0 Å². The molecule has 0 aromatic heterocycles. The number of nitrogens with one attached hydrogen (secondary N) is 1. The van der Waals surface area contributed by atoms with E-state index in [2.05, 4.69) is 42.3 Å². The molecule has 112 valence electrons. The maximum Gasteiger partial charge on any atom is 0.123 e. The lowest BCUT2D eigenvalue weighted by Crippen LogP contribution is -2.43. The van der Waals surface area contributed by atoms with Crippen molar-refractivity contribution in [3.63, 3.8) is 0 Å². The second-order valence-electron chi connectivity index (χ2n) is 5.98. The van der Waals surface area contributed by atoms with Gasteiger partial charge in [0, 0.05) is 30.7 Å². The van der Waals surface area contributed by atoms with Gasteiger partial charge in [0.15, 0.2) is 0 Å². The molecule has 1 saturated heterocycles. The van der Waals surface area contributed by atoms with Crippen LogP contribution in [0.4, 0.5) is 0 Å². The highest BCUT2D eigenvalue weighted by atomic mass is 16.5. The lowest BCUT2D eigenvalue weighted by molar-refractivity contribution is 0.0943. The summed E-state index contributed by atoms with van der Waals surface area (Å²) in [6.45, 7) is 6.59. The molecule has 1 heterocycles. The molecule has 0 radical (unpaired) electrons. The van der Waals surface area contributed by atoms with Gasteiger partial charge in [-0.3, -0.25) is 4.90 Å². The molecule has 2 atom stereocenters. The number of hydrogen-bond acceptors (Lipinski definition) is 3. The van der Waals surface area contributed by atoms with E-state index in [1.54, 1.807) is 7.11 Å². The van der Waals surface area contributed by atoms with Gasteiger partial charge in [-0.05, 0) is 51.4 Å². The first-order valence-electron chi connectivity index (χ1n) is 7.71. The molecule has 1 aliphatic rings. The van der Waals surface area contributed by atoms with Gasteiger partial charge < -0.3 is 10.1 Å². The highest BCUT2D eigenvalue weighted by Crippen LogP contribution is 2.28. The minimum Gasteiger partial charge on any atom is -0.496 e. The maximum atomic E-state index is 5.54. The highest BCUT2D eigenvalue weighted by molar-refractivity contribution is 5.37. The van der Waals surface area contributed by atoms with Gasteiger partial charge in [0.25, 0.3) is 0 Å². The Morgan fingerprint density at radius 1 is 1.25 bits per heavy atom. The molecule has 3 nitrogen and oxygen atoms in total. The summed E-state index contributed by atoms with van der Waals surface area (Å²) >= 11 is 0. The van der Waals surface area contributed by atoms with Gasteiger partial charge in [-0.15, -0.1) is 0 Å². The zero-order valence-electron chi connectivity index (χ0n) is 13.3. The summed E-state index contributed by atoms with van der Waals surface area (Å²) in [6, 6.07) is 7.85. The van der Waals surface area contributed by atoms with Crippen LogP contribution in [0.1, 0.15) is 44.2 Å². The molecular weight excluding hydrogens is 248 g/mol. The highest BCUT2D eigenvalue weighted by Gasteiger charge is 2.25. The van der Waals surface area contributed by atoms with Crippen LogP contribution in [-0.4, -0.2) is 31.1 Å². The number of likely N-dealkylation sites (tertiary alicyclic amines) is 1. The fraction of sp³-hybridized carbons (Fsp3) is 0.647. The molecule has 1 N–H and O–H groups in total. The van der Waals surface area contributed by atoms with Crippen LogP contribution < -0.4 is 10.1 Å². The van der Waals surface area contributed by atoms with Crippen molar-refractivity contribution in [2.75, 3.05) is 14.2 Å². The molecule has 1 fully saturated rings. The first-order chi connectivity index (χ1) is 9.65. The van der Waals surface area contributed by atoms with E-state index in [0.29, 0.717) is 12.1 Å². The van der Waals surface area contributed by atoms with Crippen molar-refractivity contribution in [3.05, 3.63) is 29.3 Å². The zero-order valence-corrected chi connectivity index (χ0v) is 13.3. The minimum atomic E-state index is 0.663. The lowest BCUT2D eigenvalue weighted by atomic mass is 9.96. The van der Waals surface area contributed by atoms with Gasteiger partial charge in [0.1, 0.15) is 5.75 Å². The number of piperidine rings is 1. The molecule has 0 amide bonds. The Morgan fingerprint density at radius 3 is 2.55 bits per heavy atom. The van der Waals surface area contributed by atoms with E-state index in [-0.39, 0.29) is 0 Å². The molecule has 2 rings (SSSR count). The van der Waals surface area contributed by atoms with Crippen LogP contribution in [-0.2, 0) is 13.1 Å². The van der Waals surface area contributed by atoms with Crippen LogP contribution in [0.5, 0.6) is 5.75 Å². The second kappa shape index (κ2) is 7.09. The third-order valence-electron chi connectivity index (χ3n) is 4.45. The van der Waals surface area contributed by atoms with Crippen molar-refractivity contribution in [1.82, 2.24) is 10.2 Å². The van der Waals surface area contributed by atoms with Gasteiger partial charge in [-0.25, -0.2) is 0 Å². The number of hydrogen-bond donors (Lipinski definition) is 1. The summed E-state index contributed by atoms with van der Waals surface area (Å²) < 4.78 is 5.54.